The Kier molecular flexibility index (Phi) is 4.79. The molecule has 0 amide bonds. The van der Waals surface area contributed by atoms with Crippen LogP contribution in [0.2, 0.25) is 0 Å². The molecule has 0 fully saturated rings. The van der Waals surface area contributed by atoms with Crippen LogP contribution in [-0.2, 0) is 0 Å². The molecular weight excluding hydrogens is 323 g/mol. The Morgan fingerprint density at radius 3 is 2.00 bits per heavy atom. The molecule has 0 bridgehead atoms. The highest BCUT2D eigenvalue weighted by atomic mass is 79.9. The van der Waals surface area contributed by atoms with E-state index in [1.54, 1.807) is 20.8 Å². The van der Waals surface area contributed by atoms with E-state index in [4.69, 9.17) is 0 Å². The zero-order chi connectivity index (χ0) is 14.8. The summed E-state index contributed by atoms with van der Waals surface area (Å²) < 4.78 is 39.6. The molecule has 1 aromatic rings. The van der Waals surface area contributed by atoms with Crippen molar-refractivity contribution in [1.82, 2.24) is 5.32 Å². The molecule has 1 N–H and O–H groups in total. The highest BCUT2D eigenvalue weighted by Crippen LogP contribution is 2.25. The summed E-state index contributed by atoms with van der Waals surface area (Å²) in [4.78, 5) is 12.0. The van der Waals surface area contributed by atoms with Gasteiger partial charge >= 0.3 is 6.18 Å². The molecule has 1 unspecified atom stereocenters. The first-order chi connectivity index (χ1) is 8.50. The summed E-state index contributed by atoms with van der Waals surface area (Å²) in [6.45, 7) is 4.75. The maximum absolute atomic E-state index is 13.0. The topological polar surface area (TPSA) is 29.1 Å². The zero-order valence-electron chi connectivity index (χ0n) is 10.8. The molecular formula is C13H15BrF3NO. The van der Waals surface area contributed by atoms with E-state index in [0.717, 1.165) is 0 Å². The number of carbonyl (C=O) groups excluding carboxylic acids is 1. The summed E-state index contributed by atoms with van der Waals surface area (Å²) in [5.41, 5.74) is -0.784. The number of rotatable bonds is 3. The van der Waals surface area contributed by atoms with E-state index in [1.165, 1.54) is 24.3 Å². The monoisotopic (exact) mass is 337 g/mol. The number of halogens is 4. The van der Waals surface area contributed by atoms with Crippen LogP contribution in [0.25, 0.3) is 0 Å². The predicted molar refractivity (Wildman–Crippen MR) is 71.2 cm³/mol. The van der Waals surface area contributed by atoms with Crippen molar-refractivity contribution in [2.45, 2.75) is 38.5 Å². The summed E-state index contributed by atoms with van der Waals surface area (Å²) in [5.74, 6) is -0.977. The Labute approximate surface area is 118 Å². The fourth-order valence-corrected chi connectivity index (χ4v) is 1.77. The lowest BCUT2D eigenvalue weighted by atomic mass is 10.00. The van der Waals surface area contributed by atoms with E-state index in [2.05, 4.69) is 21.2 Å². The summed E-state index contributed by atoms with van der Waals surface area (Å²) in [6.07, 6.45) is -4.63. The number of hydrogen-bond acceptors (Lipinski definition) is 2. The lowest BCUT2D eigenvalue weighted by Gasteiger charge is -2.29. The predicted octanol–water partition coefficient (Wildman–Crippen LogP) is 3.95. The molecule has 0 aromatic heterocycles. The van der Waals surface area contributed by atoms with Crippen molar-refractivity contribution in [2.75, 3.05) is 0 Å². The van der Waals surface area contributed by atoms with Crippen LogP contribution >= 0.6 is 15.9 Å². The SMILES string of the molecule is CC(C)(C)NC(C(=O)c1ccc(Br)cc1)C(F)(F)F. The average molecular weight is 338 g/mol. The molecule has 0 heterocycles. The largest absolute Gasteiger partial charge is 0.411 e. The van der Waals surface area contributed by atoms with Crippen LogP contribution < -0.4 is 5.32 Å². The van der Waals surface area contributed by atoms with E-state index < -0.39 is 23.5 Å². The van der Waals surface area contributed by atoms with E-state index in [-0.39, 0.29) is 5.56 Å². The van der Waals surface area contributed by atoms with Gasteiger partial charge in [-0.1, -0.05) is 28.1 Å². The second kappa shape index (κ2) is 5.63. The minimum Gasteiger partial charge on any atom is -0.295 e. The second-order valence-corrected chi connectivity index (χ2v) is 6.16. The normalized spacial score (nSPS) is 14.3. The Hall–Kier alpha value is -0.880. The van der Waals surface area contributed by atoms with Gasteiger partial charge in [0.25, 0.3) is 0 Å². The van der Waals surface area contributed by atoms with Crippen LogP contribution in [0.5, 0.6) is 0 Å². The molecule has 19 heavy (non-hydrogen) atoms. The molecule has 1 rings (SSSR count). The second-order valence-electron chi connectivity index (χ2n) is 5.24. The molecule has 0 aliphatic rings. The maximum Gasteiger partial charge on any atom is 0.411 e. The van der Waals surface area contributed by atoms with Crippen LogP contribution in [0.15, 0.2) is 28.7 Å². The first-order valence-electron chi connectivity index (χ1n) is 5.65. The average Bonchev–Trinajstić information content (AvgIpc) is 2.23. The Bertz CT molecular complexity index is 448. The third kappa shape index (κ3) is 4.95. The number of nitrogens with one attached hydrogen (secondary N) is 1. The third-order valence-corrected chi connectivity index (χ3v) is 2.82. The fraction of sp³-hybridized carbons (Fsp3) is 0.462. The number of carbonyl (C=O) groups is 1. The first-order valence-corrected chi connectivity index (χ1v) is 6.44. The van der Waals surface area contributed by atoms with Gasteiger partial charge in [-0.25, -0.2) is 0 Å². The van der Waals surface area contributed by atoms with Gasteiger partial charge in [0.2, 0.25) is 0 Å². The van der Waals surface area contributed by atoms with Crippen molar-refractivity contribution in [3.8, 4) is 0 Å². The van der Waals surface area contributed by atoms with Crippen LogP contribution in [0.4, 0.5) is 13.2 Å². The number of ketones is 1. The van der Waals surface area contributed by atoms with Crippen LogP contribution in [0.1, 0.15) is 31.1 Å². The minimum atomic E-state index is -4.63. The Morgan fingerprint density at radius 2 is 1.63 bits per heavy atom. The smallest absolute Gasteiger partial charge is 0.295 e. The molecule has 106 valence electrons. The lowest BCUT2D eigenvalue weighted by molar-refractivity contribution is -0.147. The van der Waals surface area contributed by atoms with E-state index >= 15 is 0 Å². The van der Waals surface area contributed by atoms with Gasteiger partial charge in [-0.05, 0) is 32.9 Å². The zero-order valence-corrected chi connectivity index (χ0v) is 12.4. The first kappa shape index (κ1) is 16.2. The van der Waals surface area contributed by atoms with Crippen molar-refractivity contribution in [1.29, 1.82) is 0 Å². The number of Topliss-reactive ketones (excluding diaryl/α,β-unsaturated/α-hetero) is 1. The van der Waals surface area contributed by atoms with Crippen molar-refractivity contribution in [3.63, 3.8) is 0 Å². The van der Waals surface area contributed by atoms with Crippen LogP contribution in [0, 0.1) is 0 Å². The van der Waals surface area contributed by atoms with Gasteiger partial charge in [0.15, 0.2) is 11.8 Å². The number of benzene rings is 1. The van der Waals surface area contributed by atoms with Gasteiger partial charge in [-0.3, -0.25) is 10.1 Å². The van der Waals surface area contributed by atoms with Gasteiger partial charge in [-0.15, -0.1) is 0 Å². The van der Waals surface area contributed by atoms with Gasteiger partial charge in [0.1, 0.15) is 0 Å². The quantitative estimate of drug-likeness (QED) is 0.846. The summed E-state index contributed by atoms with van der Waals surface area (Å²) in [5, 5.41) is 2.32. The molecule has 0 saturated heterocycles. The molecule has 1 aromatic carbocycles. The molecule has 1 atom stereocenters. The van der Waals surface area contributed by atoms with Gasteiger partial charge in [0, 0.05) is 15.6 Å². The van der Waals surface area contributed by atoms with Gasteiger partial charge < -0.3 is 0 Å². The minimum absolute atomic E-state index is 0.0299. The lowest BCUT2D eigenvalue weighted by Crippen LogP contribution is -2.55. The number of hydrogen-bond donors (Lipinski definition) is 1. The Balaban J connectivity index is 3.05. The maximum atomic E-state index is 13.0. The molecule has 0 aliphatic carbocycles. The Morgan fingerprint density at radius 1 is 1.16 bits per heavy atom. The van der Waals surface area contributed by atoms with Gasteiger partial charge in [0.05, 0.1) is 0 Å². The molecule has 0 saturated carbocycles. The molecule has 0 radical (unpaired) electrons. The van der Waals surface area contributed by atoms with Crippen molar-refractivity contribution in [3.05, 3.63) is 34.3 Å². The number of alkyl halides is 3. The van der Waals surface area contributed by atoms with E-state index in [0.29, 0.717) is 4.47 Å². The molecule has 0 spiro atoms. The van der Waals surface area contributed by atoms with E-state index in [9.17, 15) is 18.0 Å². The fourth-order valence-electron chi connectivity index (χ4n) is 1.51. The molecule has 0 aliphatic heterocycles. The van der Waals surface area contributed by atoms with Crippen molar-refractivity contribution < 1.29 is 18.0 Å². The third-order valence-electron chi connectivity index (χ3n) is 2.30. The standard InChI is InChI=1S/C13H15BrF3NO/c1-12(2,3)18-11(13(15,16)17)10(19)8-4-6-9(14)7-5-8/h4-7,11,18H,1-3H3. The van der Waals surface area contributed by atoms with Crippen LogP contribution in [0.3, 0.4) is 0 Å². The highest BCUT2D eigenvalue weighted by Gasteiger charge is 2.46. The van der Waals surface area contributed by atoms with Crippen molar-refractivity contribution >= 4 is 21.7 Å². The van der Waals surface area contributed by atoms with Gasteiger partial charge in [-0.2, -0.15) is 13.2 Å². The summed E-state index contributed by atoms with van der Waals surface area (Å²) in [7, 11) is 0. The van der Waals surface area contributed by atoms with Crippen molar-refractivity contribution in [2.24, 2.45) is 0 Å². The summed E-state index contributed by atoms with van der Waals surface area (Å²) >= 11 is 3.17. The highest BCUT2D eigenvalue weighted by molar-refractivity contribution is 9.10. The van der Waals surface area contributed by atoms with Crippen LogP contribution in [-0.4, -0.2) is 23.5 Å². The molecule has 6 heteroatoms. The summed E-state index contributed by atoms with van der Waals surface area (Å²) in [6, 6.07) is 3.62. The van der Waals surface area contributed by atoms with E-state index in [1.807, 2.05) is 0 Å². The molecule has 2 nitrogen and oxygen atoms in total.